The number of carbonyl (C=O) groups is 2. The van der Waals surface area contributed by atoms with Crippen molar-refractivity contribution in [3.63, 3.8) is 0 Å². The molecule has 2 heterocycles. The van der Waals surface area contributed by atoms with Crippen molar-refractivity contribution in [1.29, 1.82) is 0 Å². The first-order chi connectivity index (χ1) is 16.9. The van der Waals surface area contributed by atoms with Crippen LogP contribution < -0.4 is 5.32 Å². The molecule has 0 spiro atoms. The predicted molar refractivity (Wildman–Crippen MR) is 125 cm³/mol. The lowest BCUT2D eigenvalue weighted by molar-refractivity contribution is -0.138. The Morgan fingerprint density at radius 2 is 1.86 bits per heavy atom. The molecule has 2 aliphatic carbocycles. The molecular weight excluding hydrogens is 454 g/mol. The van der Waals surface area contributed by atoms with Gasteiger partial charge < -0.3 is 14.7 Å². The van der Waals surface area contributed by atoms with Crippen molar-refractivity contribution in [2.24, 2.45) is 5.92 Å². The second kappa shape index (κ2) is 10.0. The molecule has 1 aromatic heterocycles. The average Bonchev–Trinajstić information content (AvgIpc) is 3.60. The fraction of sp³-hybridized carbons (Fsp3) is 0.577. The van der Waals surface area contributed by atoms with Gasteiger partial charge in [0, 0.05) is 50.4 Å². The zero-order valence-electron chi connectivity index (χ0n) is 20.0. The fourth-order valence-corrected chi connectivity index (χ4v) is 5.52. The first-order valence-corrected chi connectivity index (χ1v) is 12.6. The van der Waals surface area contributed by atoms with Crippen LogP contribution in [0.4, 0.5) is 8.78 Å². The van der Waals surface area contributed by atoms with Gasteiger partial charge in [0.2, 0.25) is 5.91 Å². The smallest absolute Gasteiger partial charge is 0.273 e. The van der Waals surface area contributed by atoms with Gasteiger partial charge in [-0.3, -0.25) is 14.5 Å². The van der Waals surface area contributed by atoms with Crippen LogP contribution in [0.15, 0.2) is 28.8 Å². The zero-order chi connectivity index (χ0) is 24.5. The molecule has 35 heavy (non-hydrogen) atoms. The molecule has 9 heteroatoms. The second-order valence-corrected chi connectivity index (χ2v) is 10.1. The van der Waals surface area contributed by atoms with E-state index in [2.05, 4.69) is 15.4 Å². The van der Waals surface area contributed by atoms with E-state index in [9.17, 15) is 18.4 Å². The number of hydrogen-bond acceptors (Lipinski definition) is 5. The number of nitrogens with zero attached hydrogens (tertiary/aromatic N) is 3. The lowest BCUT2D eigenvalue weighted by Gasteiger charge is -2.43. The highest BCUT2D eigenvalue weighted by molar-refractivity contribution is 5.94. The van der Waals surface area contributed by atoms with E-state index in [1.165, 1.54) is 31.4 Å². The van der Waals surface area contributed by atoms with E-state index in [0.29, 0.717) is 25.0 Å². The molecule has 2 amide bonds. The van der Waals surface area contributed by atoms with E-state index in [4.69, 9.17) is 4.52 Å². The van der Waals surface area contributed by atoms with Gasteiger partial charge >= 0.3 is 0 Å². The molecule has 0 bridgehead atoms. The Kier molecular flexibility index (Phi) is 6.86. The Morgan fingerprint density at radius 1 is 1.09 bits per heavy atom. The molecule has 5 rings (SSSR count). The third-order valence-electron chi connectivity index (χ3n) is 7.75. The van der Waals surface area contributed by atoms with E-state index < -0.39 is 17.5 Å². The lowest BCUT2D eigenvalue weighted by atomic mass is 9.86. The summed E-state index contributed by atoms with van der Waals surface area (Å²) in [5, 5.41) is 6.80. The van der Waals surface area contributed by atoms with Crippen molar-refractivity contribution < 1.29 is 22.9 Å². The van der Waals surface area contributed by atoms with Gasteiger partial charge in [0.1, 0.15) is 11.6 Å². The number of rotatable bonds is 6. The molecule has 3 aliphatic rings. The summed E-state index contributed by atoms with van der Waals surface area (Å²) in [5.74, 6) is -2.17. The Bertz CT molecular complexity index is 1080. The summed E-state index contributed by atoms with van der Waals surface area (Å²) in [6.45, 7) is 1.47. The van der Waals surface area contributed by atoms with Crippen LogP contribution in [0.5, 0.6) is 0 Å². The van der Waals surface area contributed by atoms with Crippen LogP contribution in [0.3, 0.4) is 0 Å². The summed E-state index contributed by atoms with van der Waals surface area (Å²) in [6.07, 6.45) is 8.79. The minimum atomic E-state index is -0.794. The molecule has 1 aliphatic heterocycles. The first-order valence-electron chi connectivity index (χ1n) is 12.6. The van der Waals surface area contributed by atoms with Crippen molar-refractivity contribution in [3.8, 4) is 11.3 Å². The van der Waals surface area contributed by atoms with Crippen LogP contribution in [-0.4, -0.2) is 65.0 Å². The summed E-state index contributed by atoms with van der Waals surface area (Å²) >= 11 is 0. The normalized spacial score (nSPS) is 23.7. The quantitative estimate of drug-likeness (QED) is 0.668. The molecule has 0 unspecified atom stereocenters. The third-order valence-corrected chi connectivity index (χ3v) is 7.75. The zero-order valence-corrected chi connectivity index (χ0v) is 20.0. The topological polar surface area (TPSA) is 78.7 Å². The molecule has 2 atom stereocenters. The van der Waals surface area contributed by atoms with Crippen LogP contribution in [0.2, 0.25) is 0 Å². The SMILES string of the molecule is CN(C(=O)[C@@H]1CN(C2CCCCC2)CC[C@H]1NC(=O)c1cc(-c2ccc(F)cc2F)on1)C1CC1. The fourth-order valence-electron chi connectivity index (χ4n) is 5.52. The molecule has 1 saturated heterocycles. The monoisotopic (exact) mass is 486 g/mol. The van der Waals surface area contributed by atoms with Gasteiger partial charge in [-0.2, -0.15) is 0 Å². The predicted octanol–water partition coefficient (Wildman–Crippen LogP) is 3.99. The number of carbonyl (C=O) groups excluding carboxylic acids is 2. The number of benzene rings is 1. The van der Waals surface area contributed by atoms with Crippen LogP contribution >= 0.6 is 0 Å². The number of likely N-dealkylation sites (tertiary alicyclic amines) is 1. The van der Waals surface area contributed by atoms with E-state index in [-0.39, 0.29) is 34.9 Å². The number of piperidine rings is 1. The highest BCUT2D eigenvalue weighted by Gasteiger charge is 2.42. The second-order valence-electron chi connectivity index (χ2n) is 10.1. The molecule has 188 valence electrons. The molecule has 1 N–H and O–H groups in total. The summed E-state index contributed by atoms with van der Waals surface area (Å²) in [4.78, 5) is 30.8. The van der Waals surface area contributed by atoms with Crippen molar-refractivity contribution in [2.45, 2.75) is 69.5 Å². The molecular formula is C26H32F2N4O3. The van der Waals surface area contributed by atoms with E-state index in [1.807, 2.05) is 11.9 Å². The van der Waals surface area contributed by atoms with Crippen LogP contribution in [0.25, 0.3) is 11.3 Å². The molecule has 2 saturated carbocycles. The minimum Gasteiger partial charge on any atom is -0.355 e. The Hall–Kier alpha value is -2.81. The number of hydrogen-bond donors (Lipinski definition) is 1. The maximum atomic E-state index is 14.1. The summed E-state index contributed by atoms with van der Waals surface area (Å²) in [6, 6.07) is 4.95. The van der Waals surface area contributed by atoms with Gasteiger partial charge in [0.15, 0.2) is 11.5 Å². The maximum absolute atomic E-state index is 14.1. The number of amides is 2. The van der Waals surface area contributed by atoms with Crippen molar-refractivity contribution in [3.05, 3.63) is 41.6 Å². The van der Waals surface area contributed by atoms with E-state index in [0.717, 1.165) is 44.4 Å². The molecule has 7 nitrogen and oxygen atoms in total. The molecule has 0 radical (unpaired) electrons. The van der Waals surface area contributed by atoms with E-state index >= 15 is 0 Å². The van der Waals surface area contributed by atoms with Crippen molar-refractivity contribution in [2.75, 3.05) is 20.1 Å². The maximum Gasteiger partial charge on any atom is 0.273 e. The van der Waals surface area contributed by atoms with Crippen LogP contribution in [0.1, 0.15) is 61.9 Å². The lowest BCUT2D eigenvalue weighted by Crippen LogP contribution is -2.58. The van der Waals surface area contributed by atoms with Crippen LogP contribution in [0, 0.1) is 17.6 Å². The summed E-state index contributed by atoms with van der Waals surface area (Å²) in [7, 11) is 1.86. The highest BCUT2D eigenvalue weighted by atomic mass is 19.1. The highest BCUT2D eigenvalue weighted by Crippen LogP contribution is 2.32. The number of halogens is 2. The van der Waals surface area contributed by atoms with Crippen molar-refractivity contribution >= 4 is 11.8 Å². The molecule has 3 fully saturated rings. The largest absolute Gasteiger partial charge is 0.355 e. The van der Waals surface area contributed by atoms with Gasteiger partial charge in [-0.25, -0.2) is 8.78 Å². The van der Waals surface area contributed by atoms with Gasteiger partial charge in [-0.05, 0) is 44.2 Å². The molecule has 1 aromatic carbocycles. The van der Waals surface area contributed by atoms with Crippen molar-refractivity contribution in [1.82, 2.24) is 20.3 Å². The van der Waals surface area contributed by atoms with Crippen LogP contribution in [-0.2, 0) is 4.79 Å². The average molecular weight is 487 g/mol. The summed E-state index contributed by atoms with van der Waals surface area (Å²) < 4.78 is 32.5. The van der Waals surface area contributed by atoms with Gasteiger partial charge in [-0.1, -0.05) is 24.4 Å². The van der Waals surface area contributed by atoms with Gasteiger partial charge in [0.25, 0.3) is 5.91 Å². The van der Waals surface area contributed by atoms with E-state index in [1.54, 1.807) is 0 Å². The Labute approximate surface area is 203 Å². The first kappa shape index (κ1) is 23.9. The summed E-state index contributed by atoms with van der Waals surface area (Å²) in [5.41, 5.74) is 0.0260. The minimum absolute atomic E-state index is 0.000168. The standard InChI is InChI=1S/C26H32F2N4O3/c1-31(17-8-9-17)26(34)20-15-32(18-5-3-2-4-6-18)12-11-22(20)29-25(33)23-14-24(35-30-23)19-10-7-16(27)13-21(19)28/h7,10,13-14,17-18,20,22H,2-6,8-9,11-12,15H2,1H3,(H,29,33)/t20-,22-/m1/s1. The number of aromatic nitrogens is 1. The molecule has 2 aromatic rings. The third kappa shape index (κ3) is 5.24. The Balaban J connectivity index is 1.30. The number of nitrogens with one attached hydrogen (secondary N) is 1. The van der Waals surface area contributed by atoms with Gasteiger partial charge in [0.05, 0.1) is 11.5 Å². The Morgan fingerprint density at radius 3 is 2.57 bits per heavy atom. The van der Waals surface area contributed by atoms with Gasteiger partial charge in [-0.15, -0.1) is 0 Å².